The van der Waals surface area contributed by atoms with Crippen LogP contribution < -0.4 is 15.9 Å². The highest BCUT2D eigenvalue weighted by Crippen LogP contribution is 2.41. The molecule has 0 spiro atoms. The van der Waals surface area contributed by atoms with Gasteiger partial charge in [-0.2, -0.15) is 5.26 Å². The first-order valence-corrected chi connectivity index (χ1v) is 6.30. The van der Waals surface area contributed by atoms with E-state index in [-0.39, 0.29) is 28.4 Å². The molecule has 3 heterocycles. The van der Waals surface area contributed by atoms with Gasteiger partial charge in [-0.15, -0.1) is 0 Å². The van der Waals surface area contributed by atoms with E-state index in [0.717, 1.165) is 0 Å². The molecule has 21 heavy (non-hydrogen) atoms. The summed E-state index contributed by atoms with van der Waals surface area (Å²) in [6.45, 7) is 3.44. The van der Waals surface area contributed by atoms with Gasteiger partial charge in [-0.3, -0.25) is 4.79 Å². The summed E-state index contributed by atoms with van der Waals surface area (Å²) in [6, 6.07) is 6.80. The summed E-state index contributed by atoms with van der Waals surface area (Å²) in [4.78, 5) is 12.0. The number of ether oxygens (including phenoxy) is 1. The Morgan fingerprint density at radius 3 is 2.62 bits per heavy atom. The monoisotopic (exact) mass is 284 g/mol. The Morgan fingerprint density at radius 2 is 2.00 bits per heavy atom. The zero-order valence-corrected chi connectivity index (χ0v) is 11.5. The van der Waals surface area contributed by atoms with Gasteiger partial charge in [0, 0.05) is 6.07 Å². The van der Waals surface area contributed by atoms with E-state index in [9.17, 15) is 10.1 Å². The minimum atomic E-state index is -0.681. The van der Waals surface area contributed by atoms with Crippen LogP contribution in [-0.4, -0.2) is 0 Å². The quantitative estimate of drug-likeness (QED) is 0.859. The van der Waals surface area contributed by atoms with Gasteiger partial charge in [0.05, 0.1) is 0 Å². The third kappa shape index (κ3) is 1.99. The molecule has 0 radical (unpaired) electrons. The van der Waals surface area contributed by atoms with Crippen molar-refractivity contribution in [2.45, 2.75) is 19.8 Å². The zero-order chi connectivity index (χ0) is 15.1. The highest BCUT2D eigenvalue weighted by Gasteiger charge is 2.36. The highest BCUT2D eigenvalue weighted by atomic mass is 16.5. The predicted octanol–water partition coefficient (Wildman–Crippen LogP) is 2.07. The van der Waals surface area contributed by atoms with E-state index in [2.05, 4.69) is 0 Å². The van der Waals surface area contributed by atoms with E-state index in [0.29, 0.717) is 17.3 Å². The molecule has 3 rings (SSSR count). The second-order valence-electron chi connectivity index (χ2n) is 4.79. The van der Waals surface area contributed by atoms with Crippen LogP contribution in [0.1, 0.15) is 29.0 Å². The molecular weight excluding hydrogens is 272 g/mol. The van der Waals surface area contributed by atoms with Crippen molar-refractivity contribution < 1.29 is 13.6 Å². The molecule has 106 valence electrons. The second kappa shape index (κ2) is 4.56. The lowest BCUT2D eigenvalue weighted by molar-refractivity contribution is 0.325. The summed E-state index contributed by atoms with van der Waals surface area (Å²) in [5, 5.41) is 9.33. The Morgan fingerprint density at radius 1 is 1.24 bits per heavy atom. The summed E-state index contributed by atoms with van der Waals surface area (Å²) in [6.07, 6.45) is 0. The largest absolute Gasteiger partial charge is 0.465 e. The van der Waals surface area contributed by atoms with Gasteiger partial charge < -0.3 is 19.3 Å². The molecule has 2 aromatic heterocycles. The molecule has 0 saturated carbocycles. The van der Waals surface area contributed by atoms with E-state index in [4.69, 9.17) is 19.3 Å². The highest BCUT2D eigenvalue weighted by molar-refractivity contribution is 5.50. The summed E-state index contributed by atoms with van der Waals surface area (Å²) in [7, 11) is 0. The van der Waals surface area contributed by atoms with Gasteiger partial charge in [0.25, 0.3) is 0 Å². The number of nitriles is 1. The van der Waals surface area contributed by atoms with Gasteiger partial charge in [0.15, 0.2) is 5.76 Å². The lowest BCUT2D eigenvalue weighted by Crippen LogP contribution is -2.25. The molecular formula is C15H12N2O4. The van der Waals surface area contributed by atoms with E-state index >= 15 is 0 Å². The van der Waals surface area contributed by atoms with Gasteiger partial charge in [0.1, 0.15) is 34.8 Å². The third-order valence-corrected chi connectivity index (χ3v) is 3.25. The minimum absolute atomic E-state index is 0.00356. The van der Waals surface area contributed by atoms with Crippen LogP contribution in [0.2, 0.25) is 0 Å². The van der Waals surface area contributed by atoms with Gasteiger partial charge in [0.2, 0.25) is 17.1 Å². The molecule has 0 fully saturated rings. The van der Waals surface area contributed by atoms with Crippen molar-refractivity contribution in [3.8, 4) is 11.8 Å². The number of nitrogens with two attached hydrogens (primary N) is 1. The van der Waals surface area contributed by atoms with E-state index < -0.39 is 5.92 Å². The van der Waals surface area contributed by atoms with E-state index in [1.54, 1.807) is 26.0 Å². The lowest BCUT2D eigenvalue weighted by atomic mass is 9.92. The van der Waals surface area contributed by atoms with Gasteiger partial charge in [-0.1, -0.05) is 0 Å². The third-order valence-electron chi connectivity index (χ3n) is 3.25. The molecule has 1 unspecified atom stereocenters. The van der Waals surface area contributed by atoms with Gasteiger partial charge in [-0.05, 0) is 26.0 Å². The average molecular weight is 284 g/mol. The van der Waals surface area contributed by atoms with Crippen LogP contribution >= 0.6 is 0 Å². The molecule has 0 saturated heterocycles. The Bertz CT molecular complexity index is 851. The summed E-state index contributed by atoms with van der Waals surface area (Å²) in [5.41, 5.74) is 5.57. The minimum Gasteiger partial charge on any atom is -0.465 e. The molecule has 1 aliphatic heterocycles. The Labute approximate surface area is 120 Å². The van der Waals surface area contributed by atoms with Crippen molar-refractivity contribution in [3.05, 3.63) is 62.9 Å². The maximum absolute atomic E-state index is 12.0. The Hall–Kier alpha value is -2.94. The van der Waals surface area contributed by atoms with Crippen molar-refractivity contribution in [2.75, 3.05) is 0 Å². The lowest BCUT2D eigenvalue weighted by Gasteiger charge is -2.22. The van der Waals surface area contributed by atoms with Crippen molar-refractivity contribution in [2.24, 2.45) is 5.73 Å². The number of rotatable bonds is 1. The normalized spacial score (nSPS) is 17.1. The van der Waals surface area contributed by atoms with Gasteiger partial charge in [-0.25, -0.2) is 0 Å². The van der Waals surface area contributed by atoms with Crippen LogP contribution in [-0.2, 0) is 0 Å². The molecule has 1 aliphatic rings. The van der Waals surface area contributed by atoms with Crippen molar-refractivity contribution in [1.29, 1.82) is 5.26 Å². The topological polar surface area (TPSA) is 102 Å². The van der Waals surface area contributed by atoms with Gasteiger partial charge >= 0.3 is 0 Å². The number of aryl methyl sites for hydroxylation is 2. The first-order valence-electron chi connectivity index (χ1n) is 6.30. The van der Waals surface area contributed by atoms with Crippen molar-refractivity contribution in [3.63, 3.8) is 0 Å². The predicted molar refractivity (Wildman–Crippen MR) is 72.5 cm³/mol. The van der Waals surface area contributed by atoms with Crippen LogP contribution in [0.25, 0.3) is 0 Å². The van der Waals surface area contributed by atoms with Crippen LogP contribution in [0.3, 0.4) is 0 Å². The van der Waals surface area contributed by atoms with Crippen LogP contribution in [0.15, 0.2) is 43.3 Å². The molecule has 6 heteroatoms. The molecule has 0 aliphatic carbocycles. The maximum atomic E-state index is 12.0. The number of allylic oxidation sites excluding steroid dienone is 1. The summed E-state index contributed by atoms with van der Waals surface area (Å²) in [5.74, 6) is 1.03. The number of fused-ring (bicyclic) bond motifs is 1. The zero-order valence-electron chi connectivity index (χ0n) is 11.5. The molecule has 1 atom stereocenters. The van der Waals surface area contributed by atoms with Crippen LogP contribution in [0, 0.1) is 25.2 Å². The molecule has 0 bridgehead atoms. The molecule has 2 aromatic rings. The fourth-order valence-corrected chi connectivity index (χ4v) is 2.35. The Kier molecular flexibility index (Phi) is 2.84. The summed E-state index contributed by atoms with van der Waals surface area (Å²) >= 11 is 0. The average Bonchev–Trinajstić information content (AvgIpc) is 2.84. The summed E-state index contributed by atoms with van der Waals surface area (Å²) < 4.78 is 16.5. The van der Waals surface area contributed by atoms with Crippen LogP contribution in [0.4, 0.5) is 0 Å². The van der Waals surface area contributed by atoms with E-state index in [1.807, 2.05) is 6.07 Å². The van der Waals surface area contributed by atoms with E-state index in [1.165, 1.54) is 6.07 Å². The SMILES string of the molecule is Cc1ccc(C2C(C#N)=C(N)Oc3c2oc(C)cc3=O)o1. The number of hydrogen-bond donors (Lipinski definition) is 1. The Balaban J connectivity index is 2.31. The van der Waals surface area contributed by atoms with Crippen molar-refractivity contribution in [1.82, 2.24) is 0 Å². The molecule has 6 nitrogen and oxygen atoms in total. The maximum Gasteiger partial charge on any atom is 0.228 e. The fraction of sp³-hybridized carbons (Fsp3) is 0.200. The fourth-order valence-electron chi connectivity index (χ4n) is 2.35. The first-order chi connectivity index (χ1) is 10.0. The van der Waals surface area contributed by atoms with Crippen LogP contribution in [0.5, 0.6) is 5.75 Å². The molecule has 2 N–H and O–H groups in total. The second-order valence-corrected chi connectivity index (χ2v) is 4.79. The molecule has 0 aromatic carbocycles. The number of nitrogens with zero attached hydrogens (tertiary/aromatic N) is 1. The number of hydrogen-bond acceptors (Lipinski definition) is 6. The standard InChI is InChI=1S/C15H12N2O4/c1-7-3-4-11(19-7)12-9(6-16)15(17)21-13-10(18)5-8(2)20-14(12)13/h3-5,12H,17H2,1-2H3. The number of furan rings is 1. The smallest absolute Gasteiger partial charge is 0.228 e. The van der Waals surface area contributed by atoms with Crippen molar-refractivity contribution >= 4 is 0 Å². The molecule has 0 amide bonds. The first kappa shape index (κ1) is 13.1.